The standard InChI is InChI=1S/C20H28O6.C19H26O6.C18H26O6.C16H22O6.C15H20O6.C12H16O5.12CH4/c1-3-10(2)18(21)25-16-12-9-13-15(20(23)26-17(13)16)14(12)19(22)24-11-7-5-4-6-8-11;1-3-9(2)17(20)24-15-11-8-12-14(19(22)25-16(12)15)13(11)18(21)23-10-6-4-5-7-10;1-6-8(2)15(19)22-13-10-7-9-11(16(20)23-14(9)13)12(10)17(21)24-18(3,4)5;1-4-7(3)14(17)21-12-8-6-9-11(16(19)22-13(9)12)10(8)15(18)20-5-2;1-4-6(2)13(16)20-11-7-5-8-10(9(7)14(17)19-3)15(18)21-12(8)11;1-3-5(2)11(13)16-9-7-4-6-8(15-7)10(9)17-12(6)14;;;;;;;;;;;;/h10-17H,3-9H2,1-2H3;9-16H,3-8H2,1-2H3;8-14H,6-7H2,1-5H3;7-13H,4-6H2,1-3H3;6-12H,4-5H2,1-3H3;5-10H,3-4H2,1-2H3;12*1H4. The number of hydrogen-bond donors (Lipinski definition) is 0. The lowest BCUT2D eigenvalue weighted by Gasteiger charge is -2.32. The van der Waals surface area contributed by atoms with Crippen LogP contribution in [0.2, 0.25) is 0 Å². The molecule has 20 rings (SSSR count). The summed E-state index contributed by atoms with van der Waals surface area (Å²) in [6, 6.07) is 0. The average Bonchev–Trinajstić information content (AvgIpc) is 1.56. The van der Waals surface area contributed by atoms with Crippen molar-refractivity contribution in [3.05, 3.63) is 0 Å². The third-order valence-corrected chi connectivity index (χ3v) is 33.8. The first-order valence-corrected chi connectivity index (χ1v) is 50.2. The van der Waals surface area contributed by atoms with E-state index < -0.39 is 113 Å². The van der Waals surface area contributed by atoms with Gasteiger partial charge in [0.25, 0.3) is 0 Å². The molecule has 41 unspecified atom stereocenters. The Labute approximate surface area is 875 Å². The van der Waals surface area contributed by atoms with Crippen LogP contribution in [0, 0.1) is 160 Å². The maximum atomic E-state index is 12.9. The highest BCUT2D eigenvalue weighted by molar-refractivity contribution is 5.91. The molecule has 0 spiro atoms. The van der Waals surface area contributed by atoms with E-state index in [-0.39, 0.29) is 347 Å². The fourth-order valence-corrected chi connectivity index (χ4v) is 25.6. The van der Waals surface area contributed by atoms with Crippen molar-refractivity contribution in [3.8, 4) is 0 Å². The molecule has 0 aromatic heterocycles. The van der Waals surface area contributed by atoms with Crippen molar-refractivity contribution >= 4 is 101 Å². The molecule has 0 N–H and O–H groups in total. The Hall–Kier alpha value is -9.05. The summed E-state index contributed by atoms with van der Waals surface area (Å²) in [7, 11) is 1.31. The van der Waals surface area contributed by atoms with Crippen LogP contribution in [0.25, 0.3) is 0 Å². The summed E-state index contributed by atoms with van der Waals surface area (Å²) >= 11 is 0. The van der Waals surface area contributed by atoms with E-state index in [1.807, 2.05) is 76.2 Å². The second kappa shape index (κ2) is 53.8. The Balaban J connectivity index is 0.000000447. The molecular formula is C112H186O35. The van der Waals surface area contributed by atoms with E-state index in [2.05, 4.69) is 0 Å². The molecule has 12 aliphatic carbocycles. The molecule has 8 aliphatic heterocycles. The molecule has 12 bridgehead atoms. The van der Waals surface area contributed by atoms with Crippen LogP contribution in [0.3, 0.4) is 0 Å². The monoisotopic (exact) mass is 2090 g/mol. The Morgan fingerprint density at radius 3 is 0.776 bits per heavy atom. The summed E-state index contributed by atoms with van der Waals surface area (Å²) in [6.45, 7) is 29.9. The Bertz CT molecular complexity index is 4520. The Morgan fingerprint density at radius 2 is 0.524 bits per heavy atom. The second-order valence-electron chi connectivity index (χ2n) is 42.6. The van der Waals surface area contributed by atoms with Gasteiger partial charge in [-0.3, -0.25) is 81.5 Å². The highest BCUT2D eigenvalue weighted by atomic mass is 16.7. The van der Waals surface area contributed by atoms with Gasteiger partial charge in [0.05, 0.1) is 120 Å². The molecule has 8 heterocycles. The molecule has 147 heavy (non-hydrogen) atoms. The molecule has 35 nitrogen and oxygen atoms in total. The number of carbonyl (C=O) groups excluding carboxylic acids is 17. The number of methoxy groups -OCH3 is 1. The van der Waals surface area contributed by atoms with Crippen LogP contribution in [0.1, 0.15) is 335 Å². The van der Waals surface area contributed by atoms with Gasteiger partial charge < -0.3 is 85.3 Å². The molecule has 0 aromatic carbocycles. The first-order valence-electron chi connectivity index (χ1n) is 50.2. The van der Waals surface area contributed by atoms with Gasteiger partial charge in [-0.2, -0.15) is 0 Å². The zero-order valence-corrected chi connectivity index (χ0v) is 80.7. The fourth-order valence-electron chi connectivity index (χ4n) is 25.6. The maximum absolute atomic E-state index is 12.9. The molecular weight excluding hydrogens is 1910 g/mol. The van der Waals surface area contributed by atoms with E-state index >= 15 is 0 Å². The van der Waals surface area contributed by atoms with Gasteiger partial charge in [0.2, 0.25) is 0 Å². The van der Waals surface area contributed by atoms with Crippen LogP contribution >= 0.6 is 0 Å². The quantitative estimate of drug-likeness (QED) is 0.0573. The molecule has 0 aromatic rings. The maximum Gasteiger partial charge on any atom is 0.312 e. The number of ether oxygens (including phenoxy) is 18. The summed E-state index contributed by atoms with van der Waals surface area (Å²) in [6.07, 6.45) is 11.7. The first-order chi connectivity index (χ1) is 64.2. The SMILES string of the molecule is C.C.C.C.C.C.C.C.C.C.C.C.CCC(C)C(=O)OC1C2CC3C(=O)OC1C3O2.CCC(C)C(=O)OC1C2CC3C1OC(=O)C3C2C(=O)OC.CCC(C)C(=O)OC1C2CC3C1OC(=O)C3C2C(=O)OC(C)(C)C.CCC(C)C(=O)OC1C2CC3C1OC(=O)C3C2C(=O)OC1CCCC1.CCC(C)C(=O)OC1C2CC3C1OC(=O)C3C2C(=O)OC1CCCCC1.CCOC(=O)C1C2CC3C(OC(=O)C31)C2OC(=O)C(C)CC. The van der Waals surface area contributed by atoms with Gasteiger partial charge in [0, 0.05) is 59.2 Å². The molecule has 844 valence electrons. The summed E-state index contributed by atoms with van der Waals surface area (Å²) < 4.78 is 98.7. The molecule has 20 fully saturated rings. The Kier molecular flexibility index (Phi) is 48.3. The highest BCUT2D eigenvalue weighted by Gasteiger charge is 2.76. The second-order valence-corrected chi connectivity index (χ2v) is 42.6. The van der Waals surface area contributed by atoms with Crippen LogP contribution in [0.4, 0.5) is 0 Å². The van der Waals surface area contributed by atoms with Gasteiger partial charge >= 0.3 is 101 Å². The van der Waals surface area contributed by atoms with Crippen molar-refractivity contribution in [2.24, 2.45) is 160 Å². The number of rotatable bonds is 26. The topological polar surface area (TPSA) is 456 Å². The molecule has 8 saturated heterocycles. The van der Waals surface area contributed by atoms with Crippen molar-refractivity contribution in [1.29, 1.82) is 0 Å². The summed E-state index contributed by atoms with van der Waals surface area (Å²) in [4.78, 5) is 207. The minimum Gasteiger partial charge on any atom is -0.469 e. The number of hydrogen-bond acceptors (Lipinski definition) is 35. The van der Waals surface area contributed by atoms with E-state index in [0.29, 0.717) is 70.6 Å². The van der Waals surface area contributed by atoms with Gasteiger partial charge in [0.1, 0.15) is 85.0 Å². The predicted molar refractivity (Wildman–Crippen MR) is 542 cm³/mol. The van der Waals surface area contributed by atoms with Crippen LogP contribution in [0.5, 0.6) is 0 Å². The summed E-state index contributed by atoms with van der Waals surface area (Å²) in [5, 5.41) is 0. The van der Waals surface area contributed by atoms with Crippen molar-refractivity contribution in [2.75, 3.05) is 13.7 Å². The molecule has 0 radical (unpaired) electrons. The van der Waals surface area contributed by atoms with Gasteiger partial charge in [-0.1, -0.05) is 179 Å². The summed E-state index contributed by atoms with van der Waals surface area (Å²) in [5.41, 5.74) is -0.621. The minimum atomic E-state index is -0.621. The van der Waals surface area contributed by atoms with Crippen LogP contribution in [0.15, 0.2) is 0 Å². The van der Waals surface area contributed by atoms with Crippen molar-refractivity contribution < 1.29 is 167 Å². The lowest BCUT2D eigenvalue weighted by molar-refractivity contribution is -0.173. The number of carbonyl (C=O) groups is 17. The zero-order chi connectivity index (χ0) is 97.4. The summed E-state index contributed by atoms with van der Waals surface area (Å²) in [5.74, 6) is -12.4. The molecule has 20 aliphatic rings. The van der Waals surface area contributed by atoms with Gasteiger partial charge in [-0.15, -0.1) is 0 Å². The fraction of sp³-hybridized carbons (Fsp3) is 0.848. The molecule has 41 atom stereocenters. The third-order valence-electron chi connectivity index (χ3n) is 33.8. The molecule has 0 amide bonds. The van der Waals surface area contributed by atoms with Crippen molar-refractivity contribution in [2.45, 2.75) is 438 Å². The molecule has 12 saturated carbocycles. The lowest BCUT2D eigenvalue weighted by Crippen LogP contribution is -2.45. The zero-order valence-electron chi connectivity index (χ0n) is 80.7. The molecule has 35 heteroatoms. The first kappa shape index (κ1) is 132. The average molecular weight is 2090 g/mol. The number of esters is 17. The minimum absolute atomic E-state index is 0. The van der Waals surface area contributed by atoms with E-state index in [1.54, 1.807) is 34.6 Å². The van der Waals surface area contributed by atoms with E-state index in [4.69, 9.17) is 85.3 Å². The van der Waals surface area contributed by atoms with E-state index in [1.165, 1.54) is 13.5 Å². The van der Waals surface area contributed by atoms with Crippen molar-refractivity contribution in [1.82, 2.24) is 0 Å². The predicted octanol–water partition coefficient (Wildman–Crippen LogP) is 17.5. The van der Waals surface area contributed by atoms with Gasteiger partial charge in [-0.25, -0.2) is 0 Å². The van der Waals surface area contributed by atoms with Crippen LogP contribution < -0.4 is 0 Å². The van der Waals surface area contributed by atoms with E-state index in [0.717, 1.165) is 57.8 Å². The van der Waals surface area contributed by atoms with Crippen LogP contribution in [-0.2, 0) is 167 Å². The normalized spacial score (nSPS) is 36.8. The highest BCUT2D eigenvalue weighted by Crippen LogP contribution is 2.65. The lowest BCUT2D eigenvalue weighted by atomic mass is 9.78. The Morgan fingerprint density at radius 1 is 0.286 bits per heavy atom. The van der Waals surface area contributed by atoms with Crippen LogP contribution in [-0.4, -0.2) is 218 Å². The largest absolute Gasteiger partial charge is 0.469 e. The van der Waals surface area contributed by atoms with Gasteiger partial charge in [0.15, 0.2) is 12.2 Å². The number of fused-ring (bicyclic) bond motifs is 6. The van der Waals surface area contributed by atoms with E-state index in [9.17, 15) is 81.5 Å². The third kappa shape index (κ3) is 25.0. The smallest absolute Gasteiger partial charge is 0.312 e. The van der Waals surface area contributed by atoms with Crippen molar-refractivity contribution in [3.63, 3.8) is 0 Å². The van der Waals surface area contributed by atoms with Gasteiger partial charge in [-0.05, 0) is 156 Å².